The molecular formula is C25H30O13. The monoisotopic (exact) mass is 538 g/mol. The van der Waals surface area contributed by atoms with Crippen LogP contribution < -0.4 is 0 Å². The van der Waals surface area contributed by atoms with Gasteiger partial charge >= 0.3 is 23.9 Å². The number of esters is 4. The van der Waals surface area contributed by atoms with E-state index >= 15 is 0 Å². The molecule has 5 rings (SSSR count). The zero-order valence-electron chi connectivity index (χ0n) is 21.5. The number of hydrogen-bond donors (Lipinski definition) is 2. The van der Waals surface area contributed by atoms with E-state index in [2.05, 4.69) is 6.58 Å². The van der Waals surface area contributed by atoms with Gasteiger partial charge in [-0.05, 0) is 26.3 Å². The van der Waals surface area contributed by atoms with E-state index in [4.69, 9.17) is 33.2 Å². The summed E-state index contributed by atoms with van der Waals surface area (Å²) in [5, 5.41) is 23.6. The average Bonchev–Trinajstić information content (AvgIpc) is 3.65. The standard InChI is InChI=1S/C25H30O13/c1-10(18(29)32-6)14-8-16(33-11(2)26)15-7-13(34-19(15)30)9-22(4)20(36-22)24(31)21-23(5,37-21)25(38-24,17(14)28)35-12(3)27/h7,13-14,16-17,20-21,28,31H,1,8-9H2,2-6H3. The maximum Gasteiger partial charge on any atom is 0.338 e. The lowest BCUT2D eigenvalue weighted by atomic mass is 9.78. The Morgan fingerprint density at radius 1 is 1.13 bits per heavy atom. The minimum atomic E-state index is -2.35. The molecule has 0 aromatic heterocycles. The molecule has 3 fully saturated rings. The molecule has 5 aliphatic heterocycles. The maximum atomic E-state index is 12.9. The largest absolute Gasteiger partial charge is 0.466 e. The van der Waals surface area contributed by atoms with Crippen LogP contribution in [0.4, 0.5) is 0 Å². The van der Waals surface area contributed by atoms with Gasteiger partial charge in [0.15, 0.2) is 11.7 Å². The van der Waals surface area contributed by atoms with Crippen LogP contribution in [-0.2, 0) is 52.3 Å². The molecule has 0 aliphatic carbocycles. The van der Waals surface area contributed by atoms with Crippen molar-refractivity contribution in [2.75, 3.05) is 7.11 Å². The van der Waals surface area contributed by atoms with Gasteiger partial charge in [-0.2, -0.15) is 0 Å². The van der Waals surface area contributed by atoms with Crippen LogP contribution in [0.25, 0.3) is 0 Å². The third-order valence-electron chi connectivity index (χ3n) is 8.00. The highest BCUT2D eigenvalue weighted by atomic mass is 16.9. The molecule has 38 heavy (non-hydrogen) atoms. The second-order valence-corrected chi connectivity index (χ2v) is 10.7. The first kappa shape index (κ1) is 26.8. The van der Waals surface area contributed by atoms with Gasteiger partial charge in [0.25, 0.3) is 5.79 Å². The molecule has 5 heterocycles. The first-order valence-electron chi connectivity index (χ1n) is 12.1. The number of hydrogen-bond acceptors (Lipinski definition) is 13. The summed E-state index contributed by atoms with van der Waals surface area (Å²) in [6.07, 6.45) is -4.93. The van der Waals surface area contributed by atoms with Crippen molar-refractivity contribution in [3.05, 3.63) is 23.8 Å². The Bertz CT molecular complexity index is 1160. The summed E-state index contributed by atoms with van der Waals surface area (Å²) in [6, 6.07) is 0. The zero-order chi connectivity index (χ0) is 28.0. The van der Waals surface area contributed by atoms with Gasteiger partial charge in [0.1, 0.15) is 30.0 Å². The van der Waals surface area contributed by atoms with Crippen molar-refractivity contribution in [1.29, 1.82) is 0 Å². The Morgan fingerprint density at radius 2 is 1.82 bits per heavy atom. The molecule has 2 N–H and O–H groups in total. The molecule has 0 amide bonds. The Balaban J connectivity index is 1.68. The van der Waals surface area contributed by atoms with Crippen molar-refractivity contribution in [2.24, 2.45) is 5.92 Å². The van der Waals surface area contributed by atoms with Crippen molar-refractivity contribution in [2.45, 2.75) is 93.8 Å². The van der Waals surface area contributed by atoms with Crippen molar-refractivity contribution in [1.82, 2.24) is 0 Å². The van der Waals surface area contributed by atoms with E-state index < -0.39 is 83.1 Å². The summed E-state index contributed by atoms with van der Waals surface area (Å²) in [5.41, 5.74) is -2.94. The fourth-order valence-electron chi connectivity index (χ4n) is 6.13. The van der Waals surface area contributed by atoms with E-state index in [-0.39, 0.29) is 24.0 Å². The molecule has 10 unspecified atom stereocenters. The van der Waals surface area contributed by atoms with Crippen LogP contribution >= 0.6 is 0 Å². The lowest BCUT2D eigenvalue weighted by Crippen LogP contribution is -2.61. The summed E-state index contributed by atoms with van der Waals surface area (Å²) >= 11 is 0. The summed E-state index contributed by atoms with van der Waals surface area (Å²) < 4.78 is 39.0. The molecule has 13 heteroatoms. The van der Waals surface area contributed by atoms with Crippen molar-refractivity contribution in [3.8, 4) is 0 Å². The Labute approximate surface area is 217 Å². The SMILES string of the molecule is C=C(C(=O)OC)C1CC(OC(C)=O)C2=CC(CC3(C)OC3C3(O)OC(OC(C)=O)(C1O)C1(C)OC31)OC2=O. The Hall–Kier alpha value is -2.84. The highest BCUT2D eigenvalue weighted by Crippen LogP contribution is 2.67. The van der Waals surface area contributed by atoms with Gasteiger partial charge in [0.05, 0.1) is 12.7 Å². The first-order chi connectivity index (χ1) is 17.6. The Morgan fingerprint density at radius 3 is 2.42 bits per heavy atom. The van der Waals surface area contributed by atoms with Gasteiger partial charge in [0, 0.05) is 31.8 Å². The van der Waals surface area contributed by atoms with Gasteiger partial charge in [-0.3, -0.25) is 14.3 Å². The van der Waals surface area contributed by atoms with Crippen LogP contribution in [-0.4, -0.2) is 94.5 Å². The predicted octanol–water partition coefficient (Wildman–Crippen LogP) is -0.437. The van der Waals surface area contributed by atoms with E-state index in [1.54, 1.807) is 6.92 Å². The minimum Gasteiger partial charge on any atom is -0.466 e. The van der Waals surface area contributed by atoms with Gasteiger partial charge in [-0.25, -0.2) is 9.59 Å². The van der Waals surface area contributed by atoms with Crippen LogP contribution in [0, 0.1) is 5.92 Å². The van der Waals surface area contributed by atoms with E-state index in [0.717, 1.165) is 21.0 Å². The number of carbonyl (C=O) groups excluding carboxylic acids is 4. The third kappa shape index (κ3) is 3.71. The van der Waals surface area contributed by atoms with Crippen molar-refractivity contribution < 1.29 is 62.5 Å². The predicted molar refractivity (Wildman–Crippen MR) is 120 cm³/mol. The van der Waals surface area contributed by atoms with Crippen LogP contribution in [0.15, 0.2) is 23.8 Å². The molecule has 13 nitrogen and oxygen atoms in total. The number of methoxy groups -OCH3 is 1. The number of fused-ring (bicyclic) bond motifs is 8. The third-order valence-corrected chi connectivity index (χ3v) is 8.00. The number of epoxide rings is 2. The quantitative estimate of drug-likeness (QED) is 0.204. The molecule has 10 atom stereocenters. The number of carbonyl (C=O) groups is 4. The van der Waals surface area contributed by atoms with Gasteiger partial charge < -0.3 is 38.6 Å². The number of aliphatic hydroxyl groups excluding tert-OH is 1. The molecule has 0 spiro atoms. The lowest BCUT2D eigenvalue weighted by molar-refractivity contribution is -0.372. The number of rotatable bonds is 4. The molecular weight excluding hydrogens is 508 g/mol. The Kier molecular flexibility index (Phi) is 5.86. The highest BCUT2D eigenvalue weighted by molar-refractivity contribution is 5.93. The van der Waals surface area contributed by atoms with Crippen molar-refractivity contribution >= 4 is 23.9 Å². The molecule has 5 aliphatic rings. The highest BCUT2D eigenvalue weighted by Gasteiger charge is 2.90. The van der Waals surface area contributed by atoms with Crippen molar-refractivity contribution in [3.63, 3.8) is 0 Å². The smallest absolute Gasteiger partial charge is 0.338 e. The summed E-state index contributed by atoms with van der Waals surface area (Å²) in [7, 11) is 1.10. The van der Waals surface area contributed by atoms with Gasteiger partial charge in [-0.1, -0.05) is 6.58 Å². The molecule has 4 bridgehead atoms. The molecule has 208 valence electrons. The summed E-state index contributed by atoms with van der Waals surface area (Å²) in [4.78, 5) is 49.8. The molecule has 3 saturated heterocycles. The first-order valence-corrected chi connectivity index (χ1v) is 12.1. The van der Waals surface area contributed by atoms with E-state index in [1.165, 1.54) is 13.0 Å². The van der Waals surface area contributed by atoms with E-state index in [1.807, 2.05) is 0 Å². The van der Waals surface area contributed by atoms with Crippen LogP contribution in [0.2, 0.25) is 0 Å². The van der Waals surface area contributed by atoms with Crippen LogP contribution in [0.5, 0.6) is 0 Å². The molecule has 0 aromatic rings. The normalized spacial score (nSPS) is 46.5. The van der Waals surface area contributed by atoms with Crippen LogP contribution in [0.1, 0.15) is 40.5 Å². The number of aliphatic hydroxyl groups is 2. The van der Waals surface area contributed by atoms with E-state index in [0.29, 0.717) is 0 Å². The topological polar surface area (TPSA) is 180 Å². The molecule has 0 aromatic carbocycles. The molecule has 0 saturated carbocycles. The van der Waals surface area contributed by atoms with Gasteiger partial charge in [-0.15, -0.1) is 0 Å². The van der Waals surface area contributed by atoms with Gasteiger partial charge in [0.2, 0.25) is 5.79 Å². The maximum absolute atomic E-state index is 12.9. The lowest BCUT2D eigenvalue weighted by Gasteiger charge is -2.42. The molecule has 0 radical (unpaired) electrons. The summed E-state index contributed by atoms with van der Waals surface area (Å²) in [5.74, 6) is -9.24. The second-order valence-electron chi connectivity index (χ2n) is 10.7. The summed E-state index contributed by atoms with van der Waals surface area (Å²) in [6.45, 7) is 9.11. The fourth-order valence-corrected chi connectivity index (χ4v) is 6.13. The minimum absolute atomic E-state index is 0.0156. The van der Waals surface area contributed by atoms with Crippen LogP contribution in [0.3, 0.4) is 0 Å². The zero-order valence-corrected chi connectivity index (χ0v) is 21.5. The second kappa shape index (κ2) is 8.33. The number of ether oxygens (including phenoxy) is 7. The average molecular weight is 539 g/mol. The fraction of sp³-hybridized carbons (Fsp3) is 0.680. The van der Waals surface area contributed by atoms with E-state index in [9.17, 15) is 29.4 Å².